The van der Waals surface area contributed by atoms with Crippen LogP contribution in [0.3, 0.4) is 0 Å². The molecule has 0 bridgehead atoms. The van der Waals surface area contributed by atoms with Crippen molar-refractivity contribution in [1.82, 2.24) is 10.3 Å². The third kappa shape index (κ3) is 3.78. The van der Waals surface area contributed by atoms with Gasteiger partial charge < -0.3 is 10.1 Å². The minimum absolute atomic E-state index is 0.275. The molecule has 1 unspecified atom stereocenters. The lowest BCUT2D eigenvalue weighted by Gasteiger charge is -2.16. The maximum atomic E-state index is 5.38. The number of aryl methyl sites for hydroxylation is 1. The topological polar surface area (TPSA) is 34.1 Å². The summed E-state index contributed by atoms with van der Waals surface area (Å²) in [5, 5.41) is 6.81. The molecule has 1 heterocycles. The second kappa shape index (κ2) is 6.68. The Hall–Kier alpha value is -1.39. The van der Waals surface area contributed by atoms with E-state index in [4.69, 9.17) is 4.74 Å². The molecule has 0 spiro atoms. The minimum atomic E-state index is 0.275. The standard InChI is InChI=1S/C15H20N2OS/c1-11-10-19-15(17-11)8-9-16-12(2)13-6-4-5-7-14(13)18-3/h4-7,10,12,16H,8-9H2,1-3H3. The van der Waals surface area contributed by atoms with Gasteiger partial charge in [0, 0.05) is 35.6 Å². The molecule has 0 saturated heterocycles. The lowest BCUT2D eigenvalue weighted by Crippen LogP contribution is -2.21. The van der Waals surface area contributed by atoms with Crippen molar-refractivity contribution < 1.29 is 4.74 Å². The molecule has 1 aromatic carbocycles. The molecule has 3 nitrogen and oxygen atoms in total. The first-order chi connectivity index (χ1) is 9.20. The van der Waals surface area contributed by atoms with Gasteiger partial charge in [0.1, 0.15) is 5.75 Å². The van der Waals surface area contributed by atoms with Crippen molar-refractivity contribution in [3.05, 3.63) is 45.9 Å². The Bertz CT molecular complexity index is 524. The Kier molecular flexibility index (Phi) is 4.93. The molecule has 1 atom stereocenters. The van der Waals surface area contributed by atoms with Gasteiger partial charge in [-0.2, -0.15) is 0 Å². The van der Waals surface area contributed by atoms with E-state index in [0.717, 1.165) is 24.4 Å². The highest BCUT2D eigenvalue weighted by atomic mass is 32.1. The van der Waals surface area contributed by atoms with E-state index in [2.05, 4.69) is 28.7 Å². The first kappa shape index (κ1) is 14.0. The van der Waals surface area contributed by atoms with E-state index in [1.54, 1.807) is 18.4 Å². The third-order valence-electron chi connectivity index (χ3n) is 3.06. The summed E-state index contributed by atoms with van der Waals surface area (Å²) in [5.41, 5.74) is 2.30. The quantitative estimate of drug-likeness (QED) is 0.878. The summed E-state index contributed by atoms with van der Waals surface area (Å²) in [6.07, 6.45) is 0.970. The molecule has 0 aliphatic carbocycles. The third-order valence-corrected chi connectivity index (χ3v) is 4.09. The molecule has 1 aromatic heterocycles. The fourth-order valence-electron chi connectivity index (χ4n) is 2.05. The van der Waals surface area contributed by atoms with Gasteiger partial charge in [-0.1, -0.05) is 18.2 Å². The largest absolute Gasteiger partial charge is 0.496 e. The van der Waals surface area contributed by atoms with E-state index in [-0.39, 0.29) is 6.04 Å². The van der Waals surface area contributed by atoms with Gasteiger partial charge in [-0.25, -0.2) is 4.98 Å². The number of nitrogens with one attached hydrogen (secondary N) is 1. The van der Waals surface area contributed by atoms with Gasteiger partial charge in [-0.05, 0) is 19.9 Å². The second-order valence-electron chi connectivity index (χ2n) is 4.55. The zero-order valence-corrected chi connectivity index (χ0v) is 12.5. The van der Waals surface area contributed by atoms with Crippen molar-refractivity contribution in [2.45, 2.75) is 26.3 Å². The van der Waals surface area contributed by atoms with E-state index in [9.17, 15) is 0 Å². The molecular formula is C15H20N2OS. The number of benzene rings is 1. The highest BCUT2D eigenvalue weighted by Gasteiger charge is 2.10. The summed E-state index contributed by atoms with van der Waals surface area (Å²) >= 11 is 1.73. The summed E-state index contributed by atoms with van der Waals surface area (Å²) in [5.74, 6) is 0.938. The molecule has 0 aliphatic rings. The Morgan fingerprint density at radius 2 is 2.16 bits per heavy atom. The molecule has 4 heteroatoms. The van der Waals surface area contributed by atoms with E-state index in [1.165, 1.54) is 10.6 Å². The zero-order chi connectivity index (χ0) is 13.7. The molecule has 0 radical (unpaired) electrons. The number of rotatable bonds is 6. The van der Waals surface area contributed by atoms with E-state index >= 15 is 0 Å². The average molecular weight is 276 g/mol. The van der Waals surface area contributed by atoms with Crippen molar-refractivity contribution >= 4 is 11.3 Å². The minimum Gasteiger partial charge on any atom is -0.496 e. The maximum Gasteiger partial charge on any atom is 0.123 e. The predicted octanol–water partition coefficient (Wildman–Crippen LogP) is 3.35. The molecule has 0 fully saturated rings. The molecule has 2 rings (SSSR count). The highest BCUT2D eigenvalue weighted by Crippen LogP contribution is 2.24. The van der Waals surface area contributed by atoms with Crippen LogP contribution in [0.25, 0.3) is 0 Å². The number of hydrogen-bond acceptors (Lipinski definition) is 4. The highest BCUT2D eigenvalue weighted by molar-refractivity contribution is 7.09. The van der Waals surface area contributed by atoms with Gasteiger partial charge in [0.05, 0.1) is 12.1 Å². The lowest BCUT2D eigenvalue weighted by molar-refractivity contribution is 0.402. The molecule has 102 valence electrons. The van der Waals surface area contributed by atoms with Gasteiger partial charge in [-0.3, -0.25) is 0 Å². The normalized spacial score (nSPS) is 12.4. The Balaban J connectivity index is 1.88. The van der Waals surface area contributed by atoms with Crippen LogP contribution in [0, 0.1) is 6.92 Å². The molecule has 1 N–H and O–H groups in total. The number of thiazole rings is 1. The van der Waals surface area contributed by atoms with Crippen molar-refractivity contribution in [2.75, 3.05) is 13.7 Å². The van der Waals surface area contributed by atoms with Crippen LogP contribution < -0.4 is 10.1 Å². The number of nitrogens with zero attached hydrogens (tertiary/aromatic N) is 1. The van der Waals surface area contributed by atoms with Gasteiger partial charge in [0.25, 0.3) is 0 Å². The molecule has 2 aromatic rings. The monoisotopic (exact) mass is 276 g/mol. The fourth-order valence-corrected chi connectivity index (χ4v) is 2.82. The SMILES string of the molecule is COc1ccccc1C(C)NCCc1nc(C)cs1. The molecule has 0 amide bonds. The summed E-state index contributed by atoms with van der Waals surface area (Å²) < 4.78 is 5.38. The number of para-hydroxylation sites is 1. The number of ether oxygens (including phenoxy) is 1. The lowest BCUT2D eigenvalue weighted by atomic mass is 10.1. The van der Waals surface area contributed by atoms with Crippen LogP contribution in [0.5, 0.6) is 5.75 Å². The van der Waals surface area contributed by atoms with Crippen LogP contribution in [0.2, 0.25) is 0 Å². The van der Waals surface area contributed by atoms with Crippen LogP contribution >= 0.6 is 11.3 Å². The summed E-state index contributed by atoms with van der Waals surface area (Å²) in [7, 11) is 1.71. The summed E-state index contributed by atoms with van der Waals surface area (Å²) in [6.45, 7) is 5.11. The van der Waals surface area contributed by atoms with E-state index < -0.39 is 0 Å². The van der Waals surface area contributed by atoms with Crippen molar-refractivity contribution in [1.29, 1.82) is 0 Å². The predicted molar refractivity (Wildman–Crippen MR) is 80.0 cm³/mol. The Labute approximate surface area is 118 Å². The Morgan fingerprint density at radius 1 is 1.37 bits per heavy atom. The van der Waals surface area contributed by atoms with Crippen molar-refractivity contribution in [2.24, 2.45) is 0 Å². The zero-order valence-electron chi connectivity index (χ0n) is 11.6. The molecule has 0 aliphatic heterocycles. The molecule has 0 saturated carbocycles. The number of aromatic nitrogens is 1. The number of hydrogen-bond donors (Lipinski definition) is 1. The van der Waals surface area contributed by atoms with Crippen LogP contribution in [-0.4, -0.2) is 18.6 Å². The van der Waals surface area contributed by atoms with Gasteiger partial charge in [-0.15, -0.1) is 11.3 Å². The van der Waals surface area contributed by atoms with Crippen LogP contribution in [0.1, 0.15) is 29.2 Å². The van der Waals surface area contributed by atoms with E-state index in [0.29, 0.717) is 0 Å². The maximum absolute atomic E-state index is 5.38. The van der Waals surface area contributed by atoms with Crippen molar-refractivity contribution in [3.8, 4) is 5.75 Å². The Morgan fingerprint density at radius 3 is 2.84 bits per heavy atom. The molecular weight excluding hydrogens is 256 g/mol. The van der Waals surface area contributed by atoms with Gasteiger partial charge in [0.2, 0.25) is 0 Å². The first-order valence-corrected chi connectivity index (χ1v) is 7.36. The first-order valence-electron chi connectivity index (χ1n) is 6.48. The number of methoxy groups -OCH3 is 1. The van der Waals surface area contributed by atoms with Crippen LogP contribution in [0.4, 0.5) is 0 Å². The average Bonchev–Trinajstić information content (AvgIpc) is 2.84. The van der Waals surface area contributed by atoms with Gasteiger partial charge >= 0.3 is 0 Å². The summed E-state index contributed by atoms with van der Waals surface area (Å²) in [6, 6.07) is 8.41. The smallest absolute Gasteiger partial charge is 0.123 e. The van der Waals surface area contributed by atoms with Crippen LogP contribution in [0.15, 0.2) is 29.6 Å². The van der Waals surface area contributed by atoms with E-state index in [1.807, 2.05) is 25.1 Å². The molecule has 19 heavy (non-hydrogen) atoms. The van der Waals surface area contributed by atoms with Crippen LogP contribution in [-0.2, 0) is 6.42 Å². The van der Waals surface area contributed by atoms with Crippen molar-refractivity contribution in [3.63, 3.8) is 0 Å². The summed E-state index contributed by atoms with van der Waals surface area (Å²) in [4.78, 5) is 4.47. The van der Waals surface area contributed by atoms with Gasteiger partial charge in [0.15, 0.2) is 0 Å². The fraction of sp³-hybridized carbons (Fsp3) is 0.400. The second-order valence-corrected chi connectivity index (χ2v) is 5.49.